The standard InChI is InChI=1S/C22H30N2O4/c1-23-16-21(28-15-19(23)25)11-13-24(14-12-21)20(26)22(9-3-4-10-22)17-5-7-18(27-2)8-6-17/h5-8H,3-4,9-16H2,1-2H3. The fourth-order valence-electron chi connectivity index (χ4n) is 5.13. The van der Waals surface area contributed by atoms with E-state index in [1.807, 2.05) is 24.1 Å². The van der Waals surface area contributed by atoms with Crippen LogP contribution in [0.1, 0.15) is 44.1 Å². The summed E-state index contributed by atoms with van der Waals surface area (Å²) >= 11 is 0. The van der Waals surface area contributed by atoms with Gasteiger partial charge in [0.25, 0.3) is 0 Å². The molecular weight excluding hydrogens is 356 g/mol. The summed E-state index contributed by atoms with van der Waals surface area (Å²) in [6.07, 6.45) is 5.57. The molecule has 3 fully saturated rings. The van der Waals surface area contributed by atoms with Crippen molar-refractivity contribution in [3.8, 4) is 5.75 Å². The Hall–Kier alpha value is -2.08. The van der Waals surface area contributed by atoms with Crippen LogP contribution in [-0.4, -0.2) is 67.6 Å². The van der Waals surface area contributed by atoms with E-state index in [0.717, 1.165) is 49.8 Å². The number of piperidine rings is 1. The van der Waals surface area contributed by atoms with Crippen LogP contribution in [-0.2, 0) is 19.7 Å². The van der Waals surface area contributed by atoms with Crippen molar-refractivity contribution >= 4 is 11.8 Å². The topological polar surface area (TPSA) is 59.1 Å². The van der Waals surface area contributed by atoms with Gasteiger partial charge in [0.1, 0.15) is 12.4 Å². The van der Waals surface area contributed by atoms with Crippen molar-refractivity contribution in [2.75, 3.05) is 40.4 Å². The first-order valence-corrected chi connectivity index (χ1v) is 10.3. The molecule has 2 amide bonds. The Labute approximate surface area is 166 Å². The lowest BCUT2D eigenvalue weighted by molar-refractivity contribution is -0.171. The quantitative estimate of drug-likeness (QED) is 0.800. The Balaban J connectivity index is 1.49. The molecule has 0 atom stereocenters. The Morgan fingerprint density at radius 3 is 2.29 bits per heavy atom. The van der Waals surface area contributed by atoms with Crippen LogP contribution in [0.3, 0.4) is 0 Å². The molecule has 2 saturated heterocycles. The van der Waals surface area contributed by atoms with E-state index in [1.165, 1.54) is 0 Å². The molecule has 2 heterocycles. The first kappa shape index (κ1) is 19.2. The maximum atomic E-state index is 13.7. The van der Waals surface area contributed by atoms with Crippen molar-refractivity contribution in [1.29, 1.82) is 0 Å². The van der Waals surface area contributed by atoms with E-state index in [2.05, 4.69) is 12.1 Å². The van der Waals surface area contributed by atoms with E-state index in [-0.39, 0.29) is 24.0 Å². The van der Waals surface area contributed by atoms with Crippen LogP contribution in [0.15, 0.2) is 24.3 Å². The highest BCUT2D eigenvalue weighted by Crippen LogP contribution is 2.44. The lowest BCUT2D eigenvalue weighted by Crippen LogP contribution is -2.59. The highest BCUT2D eigenvalue weighted by Gasteiger charge is 2.48. The van der Waals surface area contributed by atoms with Crippen LogP contribution in [0.4, 0.5) is 0 Å². The highest BCUT2D eigenvalue weighted by atomic mass is 16.5. The van der Waals surface area contributed by atoms with E-state index in [0.29, 0.717) is 19.6 Å². The third-order valence-electron chi connectivity index (χ3n) is 6.92. The van der Waals surface area contributed by atoms with Gasteiger partial charge in [-0.3, -0.25) is 9.59 Å². The lowest BCUT2D eigenvalue weighted by Gasteiger charge is -2.47. The maximum Gasteiger partial charge on any atom is 0.248 e. The van der Waals surface area contributed by atoms with Gasteiger partial charge in [-0.15, -0.1) is 0 Å². The third-order valence-corrected chi connectivity index (χ3v) is 6.92. The smallest absolute Gasteiger partial charge is 0.248 e. The number of ether oxygens (including phenoxy) is 2. The van der Waals surface area contributed by atoms with E-state index >= 15 is 0 Å². The van der Waals surface area contributed by atoms with Crippen molar-refractivity contribution in [2.24, 2.45) is 0 Å². The van der Waals surface area contributed by atoms with Gasteiger partial charge in [-0.2, -0.15) is 0 Å². The van der Waals surface area contributed by atoms with Crippen LogP contribution in [0, 0.1) is 0 Å². The van der Waals surface area contributed by atoms with Gasteiger partial charge >= 0.3 is 0 Å². The van der Waals surface area contributed by atoms with Crippen molar-refractivity contribution < 1.29 is 19.1 Å². The number of carbonyl (C=O) groups excluding carboxylic acids is 2. The first-order chi connectivity index (χ1) is 13.5. The number of hydrogen-bond donors (Lipinski definition) is 0. The minimum Gasteiger partial charge on any atom is -0.497 e. The molecule has 0 unspecified atom stereocenters. The Bertz CT molecular complexity index is 731. The minimum absolute atomic E-state index is 0.0357. The second-order valence-corrected chi connectivity index (χ2v) is 8.53. The number of nitrogens with zero attached hydrogens (tertiary/aromatic N) is 2. The summed E-state index contributed by atoms with van der Waals surface area (Å²) in [7, 11) is 3.49. The van der Waals surface area contributed by atoms with Gasteiger partial charge in [0.2, 0.25) is 11.8 Å². The monoisotopic (exact) mass is 386 g/mol. The Kier molecular flexibility index (Phi) is 5.08. The number of methoxy groups -OCH3 is 1. The number of rotatable bonds is 3. The average molecular weight is 386 g/mol. The van der Waals surface area contributed by atoms with Crippen molar-refractivity contribution in [1.82, 2.24) is 9.80 Å². The number of amides is 2. The summed E-state index contributed by atoms with van der Waals surface area (Å²) < 4.78 is 11.2. The van der Waals surface area contributed by atoms with Crippen LogP contribution < -0.4 is 4.74 Å². The van der Waals surface area contributed by atoms with E-state index in [4.69, 9.17) is 9.47 Å². The van der Waals surface area contributed by atoms with Crippen LogP contribution >= 0.6 is 0 Å². The van der Waals surface area contributed by atoms with Crippen molar-refractivity contribution in [3.63, 3.8) is 0 Å². The minimum atomic E-state index is -0.406. The number of morpholine rings is 1. The van der Waals surface area contributed by atoms with Crippen molar-refractivity contribution in [2.45, 2.75) is 49.5 Å². The highest BCUT2D eigenvalue weighted by molar-refractivity contribution is 5.89. The average Bonchev–Trinajstić information content (AvgIpc) is 3.22. The summed E-state index contributed by atoms with van der Waals surface area (Å²) in [5.74, 6) is 1.11. The molecule has 1 aromatic carbocycles. The van der Waals surface area contributed by atoms with Gasteiger partial charge in [0, 0.05) is 26.7 Å². The zero-order chi connectivity index (χ0) is 19.8. The van der Waals surface area contributed by atoms with Crippen LogP contribution in [0.5, 0.6) is 5.75 Å². The van der Waals surface area contributed by atoms with Crippen LogP contribution in [0.25, 0.3) is 0 Å². The van der Waals surface area contributed by atoms with Gasteiger partial charge in [-0.1, -0.05) is 25.0 Å². The Morgan fingerprint density at radius 2 is 1.71 bits per heavy atom. The molecule has 6 nitrogen and oxygen atoms in total. The molecule has 28 heavy (non-hydrogen) atoms. The number of likely N-dealkylation sites (tertiary alicyclic amines) is 1. The van der Waals surface area contributed by atoms with Gasteiger partial charge in [-0.05, 0) is 43.4 Å². The molecule has 0 aromatic heterocycles. The zero-order valence-electron chi connectivity index (χ0n) is 16.9. The van der Waals surface area contributed by atoms with E-state index in [9.17, 15) is 9.59 Å². The van der Waals surface area contributed by atoms with E-state index < -0.39 is 5.41 Å². The molecule has 6 heteroatoms. The molecule has 0 N–H and O–H groups in total. The predicted molar refractivity (Wildman–Crippen MR) is 105 cm³/mol. The lowest BCUT2D eigenvalue weighted by atomic mass is 9.76. The van der Waals surface area contributed by atoms with Gasteiger partial charge in [0.05, 0.1) is 18.1 Å². The SMILES string of the molecule is COc1ccc(C2(C(=O)N3CCC4(CC3)CN(C)C(=O)CO4)CCCC2)cc1. The Morgan fingerprint density at radius 1 is 1.07 bits per heavy atom. The normalized spacial score (nSPS) is 23.9. The fraction of sp³-hybridized carbons (Fsp3) is 0.636. The fourth-order valence-corrected chi connectivity index (χ4v) is 5.13. The van der Waals surface area contributed by atoms with E-state index in [1.54, 1.807) is 12.0 Å². The molecule has 1 spiro atoms. The molecule has 1 aliphatic carbocycles. The van der Waals surface area contributed by atoms with Crippen LogP contribution in [0.2, 0.25) is 0 Å². The second kappa shape index (κ2) is 7.39. The molecule has 0 bridgehead atoms. The maximum absolute atomic E-state index is 13.7. The molecule has 1 aromatic rings. The third kappa shape index (κ3) is 3.28. The molecular formula is C22H30N2O4. The molecule has 1 saturated carbocycles. The van der Waals surface area contributed by atoms with Gasteiger partial charge < -0.3 is 19.3 Å². The zero-order valence-corrected chi connectivity index (χ0v) is 16.9. The van der Waals surface area contributed by atoms with Gasteiger partial charge in [-0.25, -0.2) is 0 Å². The molecule has 4 rings (SSSR count). The number of hydrogen-bond acceptors (Lipinski definition) is 4. The predicted octanol–water partition coefficient (Wildman–Crippen LogP) is 2.36. The largest absolute Gasteiger partial charge is 0.497 e. The molecule has 2 aliphatic heterocycles. The molecule has 152 valence electrons. The first-order valence-electron chi connectivity index (χ1n) is 10.3. The summed E-state index contributed by atoms with van der Waals surface area (Å²) in [5.41, 5.74) is 0.412. The number of carbonyl (C=O) groups is 2. The second-order valence-electron chi connectivity index (χ2n) is 8.53. The summed E-state index contributed by atoms with van der Waals surface area (Å²) in [6, 6.07) is 8.02. The van der Waals surface area contributed by atoms with Gasteiger partial charge in [0.15, 0.2) is 0 Å². The number of benzene rings is 1. The molecule has 3 aliphatic rings. The molecule has 0 radical (unpaired) electrons. The summed E-state index contributed by atoms with van der Waals surface area (Å²) in [6.45, 7) is 2.16. The van der Waals surface area contributed by atoms with Crippen molar-refractivity contribution in [3.05, 3.63) is 29.8 Å². The number of likely N-dealkylation sites (N-methyl/N-ethyl adjacent to an activating group) is 1. The summed E-state index contributed by atoms with van der Waals surface area (Å²) in [4.78, 5) is 29.2. The summed E-state index contributed by atoms with van der Waals surface area (Å²) in [5, 5.41) is 0.